The van der Waals surface area contributed by atoms with Crippen LogP contribution in [0.15, 0.2) is 18.2 Å². The van der Waals surface area contributed by atoms with Crippen LogP contribution < -0.4 is 5.32 Å². The van der Waals surface area contributed by atoms with Crippen molar-refractivity contribution in [3.8, 4) is 0 Å². The number of nitrogens with one attached hydrogen (secondary N) is 1. The average Bonchev–Trinajstić information content (AvgIpc) is 2.97. The topological polar surface area (TPSA) is 32.3 Å². The minimum Gasteiger partial charge on any atom is -0.335 e. The number of benzene rings is 1. The molecule has 1 aliphatic carbocycles. The minimum atomic E-state index is 0.237. The molecule has 2 atom stereocenters. The normalized spacial score (nSPS) is 32.1. The molecule has 0 aromatic heterocycles. The number of nitrogens with zero attached hydrogens (tertiary/aromatic N) is 1. The highest BCUT2D eigenvalue weighted by Gasteiger charge is 2.51. The van der Waals surface area contributed by atoms with Crippen molar-refractivity contribution in [3.63, 3.8) is 0 Å². The zero-order chi connectivity index (χ0) is 15.5. The van der Waals surface area contributed by atoms with E-state index in [9.17, 15) is 4.79 Å². The highest BCUT2D eigenvalue weighted by atomic mass is 16.2. The number of rotatable bonds is 1. The van der Waals surface area contributed by atoms with Crippen molar-refractivity contribution < 1.29 is 4.79 Å². The third kappa shape index (κ3) is 2.26. The Morgan fingerprint density at radius 3 is 2.77 bits per heavy atom. The molecule has 118 valence electrons. The lowest BCUT2D eigenvalue weighted by Crippen LogP contribution is -2.37. The summed E-state index contributed by atoms with van der Waals surface area (Å²) < 4.78 is 0. The van der Waals surface area contributed by atoms with Crippen LogP contribution in [0.5, 0.6) is 0 Å². The average molecular weight is 298 g/mol. The Morgan fingerprint density at radius 1 is 1.18 bits per heavy atom. The summed E-state index contributed by atoms with van der Waals surface area (Å²) in [6, 6.07) is 6.67. The highest BCUT2D eigenvalue weighted by molar-refractivity contribution is 5.95. The van der Waals surface area contributed by atoms with Crippen LogP contribution in [-0.2, 0) is 13.1 Å². The Balaban J connectivity index is 1.61. The largest absolute Gasteiger partial charge is 0.335 e. The van der Waals surface area contributed by atoms with Gasteiger partial charge in [0.25, 0.3) is 5.91 Å². The number of likely N-dealkylation sites (tertiary alicyclic amines) is 1. The summed E-state index contributed by atoms with van der Waals surface area (Å²) in [4.78, 5) is 15.2. The molecule has 2 unspecified atom stereocenters. The predicted octanol–water partition coefficient (Wildman–Crippen LogP) is 3.33. The van der Waals surface area contributed by atoms with Crippen LogP contribution in [0.2, 0.25) is 0 Å². The van der Waals surface area contributed by atoms with Crippen LogP contribution in [0.3, 0.4) is 0 Å². The first-order valence-corrected chi connectivity index (χ1v) is 8.49. The van der Waals surface area contributed by atoms with Gasteiger partial charge in [0, 0.05) is 31.2 Å². The van der Waals surface area contributed by atoms with Crippen molar-refractivity contribution in [1.29, 1.82) is 0 Å². The molecule has 4 rings (SSSR count). The van der Waals surface area contributed by atoms with Gasteiger partial charge in [0.05, 0.1) is 0 Å². The van der Waals surface area contributed by atoms with Crippen LogP contribution in [-0.4, -0.2) is 23.4 Å². The fourth-order valence-electron chi connectivity index (χ4n) is 5.29. The first-order valence-electron chi connectivity index (χ1n) is 8.49. The van der Waals surface area contributed by atoms with Gasteiger partial charge in [-0.1, -0.05) is 26.8 Å². The molecule has 0 radical (unpaired) electrons. The van der Waals surface area contributed by atoms with Crippen LogP contribution in [0.4, 0.5) is 0 Å². The summed E-state index contributed by atoms with van der Waals surface area (Å²) in [5.74, 6) is 0.237. The fourth-order valence-corrected chi connectivity index (χ4v) is 5.29. The maximum Gasteiger partial charge on any atom is 0.254 e. The van der Waals surface area contributed by atoms with Gasteiger partial charge in [0.2, 0.25) is 0 Å². The van der Waals surface area contributed by atoms with Gasteiger partial charge < -0.3 is 10.2 Å². The zero-order valence-electron chi connectivity index (χ0n) is 13.9. The van der Waals surface area contributed by atoms with Gasteiger partial charge >= 0.3 is 0 Å². The number of fused-ring (bicyclic) bond motifs is 3. The molecule has 3 aliphatic rings. The zero-order valence-corrected chi connectivity index (χ0v) is 13.9. The van der Waals surface area contributed by atoms with Gasteiger partial charge in [0.15, 0.2) is 0 Å². The van der Waals surface area contributed by atoms with E-state index in [4.69, 9.17) is 0 Å². The molecule has 2 heterocycles. The second kappa shape index (κ2) is 4.58. The quantitative estimate of drug-likeness (QED) is 0.862. The van der Waals surface area contributed by atoms with E-state index in [0.29, 0.717) is 16.9 Å². The summed E-state index contributed by atoms with van der Waals surface area (Å²) in [5, 5.41) is 3.35. The molecule has 1 aromatic rings. The van der Waals surface area contributed by atoms with E-state index in [1.54, 1.807) is 0 Å². The first kappa shape index (κ1) is 14.3. The van der Waals surface area contributed by atoms with E-state index in [2.05, 4.69) is 43.1 Å². The number of carbonyl (C=O) groups excluding carboxylic acids is 1. The van der Waals surface area contributed by atoms with E-state index in [0.717, 1.165) is 31.6 Å². The molecular formula is C19H26N2O. The second-order valence-electron chi connectivity index (χ2n) is 8.73. The van der Waals surface area contributed by atoms with Crippen molar-refractivity contribution in [2.24, 2.45) is 10.8 Å². The standard InChI is InChI=1S/C19H26N2O/c1-18(2)7-16-8-19(3,11-18)12-21(16)17(22)13-4-5-14-9-20-10-15(14)6-13/h4-6,16,20H,7-12H2,1-3H3. The lowest BCUT2D eigenvalue weighted by Gasteiger charge is -2.39. The molecule has 0 spiro atoms. The molecule has 1 saturated heterocycles. The number of amides is 1. The van der Waals surface area contributed by atoms with Crippen molar-refractivity contribution in [3.05, 3.63) is 34.9 Å². The Bertz CT molecular complexity index is 636. The summed E-state index contributed by atoms with van der Waals surface area (Å²) in [6.07, 6.45) is 3.55. The van der Waals surface area contributed by atoms with Gasteiger partial charge in [-0.2, -0.15) is 0 Å². The van der Waals surface area contributed by atoms with Crippen LogP contribution in [0, 0.1) is 10.8 Å². The summed E-state index contributed by atoms with van der Waals surface area (Å²) in [5.41, 5.74) is 4.16. The Hall–Kier alpha value is -1.35. The molecule has 3 heteroatoms. The van der Waals surface area contributed by atoms with Crippen LogP contribution in [0.25, 0.3) is 0 Å². The fraction of sp³-hybridized carbons (Fsp3) is 0.632. The highest BCUT2D eigenvalue weighted by Crippen LogP contribution is 2.52. The molecule has 2 aliphatic heterocycles. The van der Waals surface area contributed by atoms with Crippen molar-refractivity contribution in [2.45, 2.75) is 59.2 Å². The number of hydrogen-bond acceptors (Lipinski definition) is 2. The van der Waals surface area contributed by atoms with Crippen molar-refractivity contribution in [1.82, 2.24) is 10.2 Å². The molecule has 2 fully saturated rings. The SMILES string of the molecule is CC1(C)CC2CC(C)(CN2C(=O)c2ccc3c(c2)CNC3)C1. The molecule has 22 heavy (non-hydrogen) atoms. The van der Waals surface area contributed by atoms with Gasteiger partial charge in [-0.05, 0) is 53.4 Å². The Kier molecular flexibility index (Phi) is 2.96. The van der Waals surface area contributed by atoms with Crippen LogP contribution in [0.1, 0.15) is 61.5 Å². The van der Waals surface area contributed by atoms with Gasteiger partial charge in [0.1, 0.15) is 0 Å². The van der Waals surface area contributed by atoms with E-state index in [-0.39, 0.29) is 5.91 Å². The predicted molar refractivity (Wildman–Crippen MR) is 87.5 cm³/mol. The lowest BCUT2D eigenvalue weighted by molar-refractivity contribution is 0.0708. The molecule has 3 nitrogen and oxygen atoms in total. The third-order valence-electron chi connectivity index (χ3n) is 5.76. The Morgan fingerprint density at radius 2 is 1.95 bits per heavy atom. The smallest absolute Gasteiger partial charge is 0.254 e. The molecule has 1 amide bonds. The second-order valence-corrected chi connectivity index (χ2v) is 8.73. The van der Waals surface area contributed by atoms with Gasteiger partial charge in [-0.3, -0.25) is 4.79 Å². The monoisotopic (exact) mass is 298 g/mol. The van der Waals surface area contributed by atoms with Gasteiger partial charge in [-0.25, -0.2) is 0 Å². The number of hydrogen-bond donors (Lipinski definition) is 1. The minimum absolute atomic E-state index is 0.237. The number of carbonyl (C=O) groups is 1. The third-order valence-corrected chi connectivity index (χ3v) is 5.76. The van der Waals surface area contributed by atoms with E-state index >= 15 is 0 Å². The molecule has 1 N–H and O–H groups in total. The molecule has 2 bridgehead atoms. The maximum absolute atomic E-state index is 13.0. The van der Waals surface area contributed by atoms with Gasteiger partial charge in [-0.15, -0.1) is 0 Å². The molecular weight excluding hydrogens is 272 g/mol. The summed E-state index contributed by atoms with van der Waals surface area (Å²) >= 11 is 0. The molecule has 1 aromatic carbocycles. The van der Waals surface area contributed by atoms with E-state index in [1.165, 1.54) is 24.0 Å². The van der Waals surface area contributed by atoms with E-state index in [1.807, 2.05) is 6.07 Å². The summed E-state index contributed by atoms with van der Waals surface area (Å²) in [6.45, 7) is 9.82. The lowest BCUT2D eigenvalue weighted by atomic mass is 9.65. The van der Waals surface area contributed by atoms with Crippen molar-refractivity contribution >= 4 is 5.91 Å². The Labute approximate surface area is 133 Å². The first-order chi connectivity index (χ1) is 10.4. The maximum atomic E-state index is 13.0. The van der Waals surface area contributed by atoms with Crippen molar-refractivity contribution in [2.75, 3.05) is 6.54 Å². The molecule has 1 saturated carbocycles. The summed E-state index contributed by atoms with van der Waals surface area (Å²) in [7, 11) is 0. The van der Waals surface area contributed by atoms with Crippen LogP contribution >= 0.6 is 0 Å². The van der Waals surface area contributed by atoms with E-state index < -0.39 is 0 Å².